The SMILES string of the molecule is COC1COCCN1C(C)C. The molecule has 66 valence electrons. The van der Waals surface area contributed by atoms with E-state index in [1.165, 1.54) is 0 Å². The van der Waals surface area contributed by atoms with E-state index in [0.717, 1.165) is 13.2 Å². The van der Waals surface area contributed by atoms with Gasteiger partial charge < -0.3 is 9.47 Å². The number of nitrogens with zero attached hydrogens (tertiary/aromatic N) is 1. The molecule has 0 bridgehead atoms. The molecule has 0 aromatic heterocycles. The summed E-state index contributed by atoms with van der Waals surface area (Å²) in [6.07, 6.45) is 0.156. The van der Waals surface area contributed by atoms with Crippen molar-refractivity contribution in [2.75, 3.05) is 26.9 Å². The van der Waals surface area contributed by atoms with E-state index in [1.807, 2.05) is 0 Å². The highest BCUT2D eigenvalue weighted by Crippen LogP contribution is 2.10. The van der Waals surface area contributed by atoms with E-state index in [0.29, 0.717) is 12.6 Å². The maximum absolute atomic E-state index is 5.29. The van der Waals surface area contributed by atoms with E-state index in [4.69, 9.17) is 9.47 Å². The summed E-state index contributed by atoms with van der Waals surface area (Å²) in [5.74, 6) is 0. The second-order valence-corrected chi connectivity index (χ2v) is 3.10. The molecule has 1 rings (SSSR count). The molecule has 3 nitrogen and oxygen atoms in total. The Balaban J connectivity index is 2.44. The lowest BCUT2D eigenvalue weighted by Gasteiger charge is -2.37. The van der Waals surface area contributed by atoms with Crippen LogP contribution in [0.3, 0.4) is 0 Å². The van der Waals surface area contributed by atoms with E-state index in [1.54, 1.807) is 7.11 Å². The first-order chi connectivity index (χ1) is 5.25. The Kier molecular flexibility index (Phi) is 3.30. The number of ether oxygens (including phenoxy) is 2. The van der Waals surface area contributed by atoms with Gasteiger partial charge in [-0.3, -0.25) is 4.90 Å². The average molecular weight is 159 g/mol. The van der Waals surface area contributed by atoms with Gasteiger partial charge in [-0.1, -0.05) is 0 Å². The van der Waals surface area contributed by atoms with Crippen LogP contribution in [0.1, 0.15) is 13.8 Å². The molecule has 11 heavy (non-hydrogen) atoms. The molecule has 3 heteroatoms. The summed E-state index contributed by atoms with van der Waals surface area (Å²) in [5, 5.41) is 0. The third-order valence-electron chi connectivity index (χ3n) is 2.06. The molecule has 0 N–H and O–H groups in total. The first kappa shape index (κ1) is 8.97. The highest BCUT2D eigenvalue weighted by atomic mass is 16.5. The van der Waals surface area contributed by atoms with Crippen LogP contribution in [0, 0.1) is 0 Å². The molecule has 1 aliphatic rings. The first-order valence-electron chi connectivity index (χ1n) is 4.12. The maximum atomic E-state index is 5.29. The number of morpholine rings is 1. The molecule has 0 spiro atoms. The first-order valence-corrected chi connectivity index (χ1v) is 4.12. The fourth-order valence-corrected chi connectivity index (χ4v) is 1.39. The molecular formula is C8H17NO2. The van der Waals surface area contributed by atoms with Crippen molar-refractivity contribution in [3.05, 3.63) is 0 Å². The van der Waals surface area contributed by atoms with Crippen LogP contribution in [0.2, 0.25) is 0 Å². The number of hydrogen-bond donors (Lipinski definition) is 0. The molecule has 0 aromatic carbocycles. The summed E-state index contributed by atoms with van der Waals surface area (Å²) in [6, 6.07) is 0.545. The Morgan fingerprint density at radius 3 is 2.73 bits per heavy atom. The Morgan fingerprint density at radius 1 is 1.55 bits per heavy atom. The van der Waals surface area contributed by atoms with Gasteiger partial charge in [-0.05, 0) is 13.8 Å². The quantitative estimate of drug-likeness (QED) is 0.592. The van der Waals surface area contributed by atoms with Crippen molar-refractivity contribution in [2.45, 2.75) is 26.1 Å². The van der Waals surface area contributed by atoms with Crippen molar-refractivity contribution in [3.63, 3.8) is 0 Å². The van der Waals surface area contributed by atoms with Crippen molar-refractivity contribution >= 4 is 0 Å². The van der Waals surface area contributed by atoms with Crippen molar-refractivity contribution in [2.24, 2.45) is 0 Å². The minimum atomic E-state index is 0.156. The predicted molar refractivity (Wildman–Crippen MR) is 43.5 cm³/mol. The van der Waals surface area contributed by atoms with E-state index in [2.05, 4.69) is 18.7 Å². The molecule has 0 aliphatic carbocycles. The van der Waals surface area contributed by atoms with E-state index >= 15 is 0 Å². The lowest BCUT2D eigenvalue weighted by molar-refractivity contribution is -0.135. The Hall–Kier alpha value is -0.120. The van der Waals surface area contributed by atoms with Gasteiger partial charge in [0.05, 0.1) is 13.2 Å². The molecule has 0 saturated carbocycles. The Labute approximate surface area is 68.3 Å². The third-order valence-corrected chi connectivity index (χ3v) is 2.06. The Bertz CT molecular complexity index is 117. The van der Waals surface area contributed by atoms with E-state index in [9.17, 15) is 0 Å². The third kappa shape index (κ3) is 2.15. The summed E-state index contributed by atoms with van der Waals surface area (Å²) in [7, 11) is 1.73. The van der Waals surface area contributed by atoms with Crippen molar-refractivity contribution < 1.29 is 9.47 Å². The molecule has 1 aliphatic heterocycles. The molecule has 1 fully saturated rings. The fraction of sp³-hybridized carbons (Fsp3) is 1.00. The van der Waals surface area contributed by atoms with Crippen LogP contribution in [0.25, 0.3) is 0 Å². The molecule has 0 aromatic rings. The van der Waals surface area contributed by atoms with E-state index in [-0.39, 0.29) is 6.23 Å². The zero-order valence-electron chi connectivity index (χ0n) is 7.54. The van der Waals surface area contributed by atoms with E-state index < -0.39 is 0 Å². The number of methoxy groups -OCH3 is 1. The highest BCUT2D eigenvalue weighted by molar-refractivity contribution is 4.70. The van der Waals surface area contributed by atoms with Gasteiger partial charge in [0.1, 0.15) is 6.23 Å². The van der Waals surface area contributed by atoms with Gasteiger partial charge in [0.2, 0.25) is 0 Å². The van der Waals surface area contributed by atoms with Crippen LogP contribution in [-0.4, -0.2) is 44.0 Å². The zero-order valence-corrected chi connectivity index (χ0v) is 7.54. The van der Waals surface area contributed by atoms with Crippen molar-refractivity contribution in [1.82, 2.24) is 4.90 Å². The second-order valence-electron chi connectivity index (χ2n) is 3.10. The summed E-state index contributed by atoms with van der Waals surface area (Å²) in [4.78, 5) is 2.31. The monoisotopic (exact) mass is 159 g/mol. The normalized spacial score (nSPS) is 27.8. The minimum absolute atomic E-state index is 0.156. The molecular weight excluding hydrogens is 142 g/mol. The smallest absolute Gasteiger partial charge is 0.134 e. The highest BCUT2D eigenvalue weighted by Gasteiger charge is 2.24. The zero-order chi connectivity index (χ0) is 8.27. The van der Waals surface area contributed by atoms with Crippen molar-refractivity contribution in [3.8, 4) is 0 Å². The lowest BCUT2D eigenvalue weighted by Crippen LogP contribution is -2.49. The van der Waals surface area contributed by atoms with Gasteiger partial charge in [-0.15, -0.1) is 0 Å². The van der Waals surface area contributed by atoms with Gasteiger partial charge in [-0.2, -0.15) is 0 Å². The minimum Gasteiger partial charge on any atom is -0.376 e. The van der Waals surface area contributed by atoms with Gasteiger partial charge in [0.15, 0.2) is 0 Å². The van der Waals surface area contributed by atoms with Crippen LogP contribution >= 0.6 is 0 Å². The van der Waals surface area contributed by atoms with Crippen LogP contribution in [-0.2, 0) is 9.47 Å². The van der Waals surface area contributed by atoms with Gasteiger partial charge in [0, 0.05) is 19.7 Å². The van der Waals surface area contributed by atoms with Crippen LogP contribution in [0.15, 0.2) is 0 Å². The average Bonchev–Trinajstić information content (AvgIpc) is 2.04. The molecule has 1 heterocycles. The number of rotatable bonds is 2. The fourth-order valence-electron chi connectivity index (χ4n) is 1.39. The maximum Gasteiger partial charge on any atom is 0.134 e. The summed E-state index contributed by atoms with van der Waals surface area (Å²) in [5.41, 5.74) is 0. The summed E-state index contributed by atoms with van der Waals surface area (Å²) < 4.78 is 10.6. The van der Waals surface area contributed by atoms with Crippen LogP contribution < -0.4 is 0 Å². The summed E-state index contributed by atoms with van der Waals surface area (Å²) in [6.45, 7) is 6.87. The van der Waals surface area contributed by atoms with Crippen LogP contribution in [0.5, 0.6) is 0 Å². The summed E-state index contributed by atoms with van der Waals surface area (Å²) >= 11 is 0. The molecule has 1 unspecified atom stereocenters. The molecule has 0 radical (unpaired) electrons. The topological polar surface area (TPSA) is 21.7 Å². The molecule has 1 atom stereocenters. The molecule has 0 amide bonds. The van der Waals surface area contributed by atoms with Gasteiger partial charge >= 0.3 is 0 Å². The Morgan fingerprint density at radius 2 is 2.27 bits per heavy atom. The van der Waals surface area contributed by atoms with Crippen molar-refractivity contribution in [1.29, 1.82) is 0 Å². The standard InChI is InChI=1S/C8H17NO2/c1-7(2)9-4-5-11-6-8(9)10-3/h7-8H,4-6H2,1-3H3. The van der Waals surface area contributed by atoms with Gasteiger partial charge in [0.25, 0.3) is 0 Å². The lowest BCUT2D eigenvalue weighted by atomic mass is 10.3. The molecule has 1 saturated heterocycles. The van der Waals surface area contributed by atoms with Crippen LogP contribution in [0.4, 0.5) is 0 Å². The second kappa shape index (κ2) is 4.04. The largest absolute Gasteiger partial charge is 0.376 e. The van der Waals surface area contributed by atoms with Gasteiger partial charge in [-0.25, -0.2) is 0 Å². The predicted octanol–water partition coefficient (Wildman–Crippen LogP) is 0.699. The number of hydrogen-bond acceptors (Lipinski definition) is 3.